The lowest BCUT2D eigenvalue weighted by Gasteiger charge is -2.26. The van der Waals surface area contributed by atoms with Gasteiger partial charge >= 0.3 is 0 Å². The maximum atomic E-state index is 15.3. The molecular weight excluding hydrogens is 742 g/mol. The molecular formula is C36H30F6N6O5S. The predicted molar refractivity (Wildman–Crippen MR) is 180 cm³/mol. The number of nitrogens with zero attached hydrogens (tertiary/aromatic N) is 5. The lowest BCUT2D eigenvalue weighted by Crippen LogP contribution is -2.40. The Morgan fingerprint density at radius 3 is 2.37 bits per heavy atom. The Morgan fingerprint density at radius 1 is 1.00 bits per heavy atom. The molecule has 2 aromatic heterocycles. The Kier molecular flexibility index (Phi) is 8.88. The molecule has 0 radical (unpaired) electrons. The van der Waals surface area contributed by atoms with E-state index in [0.717, 1.165) is 16.7 Å². The van der Waals surface area contributed by atoms with Crippen molar-refractivity contribution < 1.29 is 44.3 Å². The predicted octanol–water partition coefficient (Wildman–Crippen LogP) is 5.13. The van der Waals surface area contributed by atoms with Crippen LogP contribution in [0.2, 0.25) is 0 Å². The van der Waals surface area contributed by atoms with Gasteiger partial charge < -0.3 is 10.1 Å². The van der Waals surface area contributed by atoms with Crippen LogP contribution in [0.15, 0.2) is 76.4 Å². The first-order chi connectivity index (χ1) is 25.7. The van der Waals surface area contributed by atoms with Gasteiger partial charge in [-0.2, -0.15) is 18.2 Å². The van der Waals surface area contributed by atoms with Crippen LogP contribution in [0.4, 0.5) is 26.3 Å². The minimum atomic E-state index is -3.93. The van der Waals surface area contributed by atoms with Gasteiger partial charge in [-0.15, -0.1) is 0 Å². The first kappa shape index (κ1) is 35.9. The first-order valence-corrected chi connectivity index (χ1v) is 18.4. The number of ether oxygens (including phenoxy) is 1. The molecule has 1 N–H and O–H groups in total. The Morgan fingerprint density at radius 2 is 1.69 bits per heavy atom. The number of alkyl halides is 4. The highest BCUT2D eigenvalue weighted by Gasteiger charge is 2.67. The van der Waals surface area contributed by atoms with Gasteiger partial charge in [-0.25, -0.2) is 31.0 Å². The highest BCUT2D eigenvalue weighted by Crippen LogP contribution is 2.68. The number of morpholine rings is 1. The van der Waals surface area contributed by atoms with Crippen LogP contribution >= 0.6 is 0 Å². The molecule has 3 aromatic carbocycles. The highest BCUT2D eigenvalue weighted by atomic mass is 32.2. The molecule has 2 fully saturated rings. The largest absolute Gasteiger partial charge is 0.379 e. The third-order valence-electron chi connectivity index (χ3n) is 9.97. The Bertz CT molecular complexity index is 2450. The molecule has 3 atom stereocenters. The molecule has 1 aliphatic heterocycles. The minimum absolute atomic E-state index is 0.0188. The Hall–Kier alpha value is -5.07. The van der Waals surface area contributed by atoms with E-state index in [4.69, 9.17) is 4.74 Å². The number of carbonyl (C=O) groups excluding carboxylic acids is 1. The number of hydrogen-bond donors (Lipinski definition) is 1. The number of rotatable bonds is 10. The van der Waals surface area contributed by atoms with Crippen molar-refractivity contribution in [1.29, 1.82) is 0 Å². The van der Waals surface area contributed by atoms with Crippen molar-refractivity contribution in [2.75, 3.05) is 26.3 Å². The van der Waals surface area contributed by atoms with E-state index in [2.05, 4.69) is 15.4 Å². The van der Waals surface area contributed by atoms with Gasteiger partial charge in [0, 0.05) is 37.1 Å². The fourth-order valence-electron chi connectivity index (χ4n) is 7.46. The second kappa shape index (κ2) is 13.3. The van der Waals surface area contributed by atoms with Crippen LogP contribution in [-0.4, -0.2) is 64.3 Å². The fourth-order valence-corrected chi connectivity index (χ4v) is 8.87. The first-order valence-electron chi connectivity index (χ1n) is 17.0. The molecule has 1 saturated heterocycles. The summed E-state index contributed by atoms with van der Waals surface area (Å²) in [5.74, 6) is -8.50. The summed E-state index contributed by atoms with van der Waals surface area (Å²) < 4.78 is 122. The molecule has 282 valence electrons. The number of halogens is 6. The van der Waals surface area contributed by atoms with E-state index in [0.29, 0.717) is 10.7 Å². The average Bonchev–Trinajstić information content (AvgIpc) is 3.80. The van der Waals surface area contributed by atoms with E-state index in [-0.39, 0.29) is 77.6 Å². The number of nitrogens with one attached hydrogen (secondary N) is 1. The standard InChI is InChI=1S/C36H30F6N6O5S/c37-20-13-19(14-21(38)16-20)15-28(43-29(49)18-47-32-30(31(45-47)33(39)40)25-17-26(25)36(32,41)42)34-44-27-4-2-1-3-24(27)35(50)48(34)22-5-7-23(8-6-22)54(51,52)46-9-11-53-12-10-46/h1-8,13-14,16,25-26,28,33H,9-12,15,17-18H2,(H,43,49)/t25-,26+,28-/m0/s1. The van der Waals surface area contributed by atoms with Crippen LogP contribution in [0.3, 0.4) is 0 Å². The number of sulfonamides is 1. The van der Waals surface area contributed by atoms with E-state index in [1.54, 1.807) is 12.1 Å². The zero-order valence-electron chi connectivity index (χ0n) is 28.1. The summed E-state index contributed by atoms with van der Waals surface area (Å²) in [5.41, 5.74) is -2.17. The fraction of sp³-hybridized carbons (Fsp3) is 0.333. The summed E-state index contributed by atoms with van der Waals surface area (Å²) in [6, 6.07) is 12.8. The Labute approximate surface area is 303 Å². The molecule has 3 heterocycles. The summed E-state index contributed by atoms with van der Waals surface area (Å²) in [6.07, 6.45) is -3.52. The summed E-state index contributed by atoms with van der Waals surface area (Å²) in [4.78, 5) is 32.6. The van der Waals surface area contributed by atoms with Gasteiger partial charge in [0.25, 0.3) is 17.9 Å². The van der Waals surface area contributed by atoms with Gasteiger partial charge in [0.15, 0.2) is 0 Å². The molecule has 11 nitrogen and oxygen atoms in total. The summed E-state index contributed by atoms with van der Waals surface area (Å²) in [5, 5.41) is 6.46. The van der Waals surface area contributed by atoms with Crippen molar-refractivity contribution in [1.82, 2.24) is 29.0 Å². The lowest BCUT2D eigenvalue weighted by molar-refractivity contribution is -0.123. The van der Waals surface area contributed by atoms with E-state index in [1.807, 2.05) is 0 Å². The SMILES string of the molecule is O=C(Cn1nc(C(F)F)c2c1C(F)(F)[C@@H]1C[C@H]21)N[C@@H](Cc1cc(F)cc(F)c1)c1nc2ccccc2c(=O)n1-c1ccc(S(=O)(=O)N2CCOCC2)cc1. The van der Waals surface area contributed by atoms with Gasteiger partial charge in [0.05, 0.1) is 40.7 Å². The summed E-state index contributed by atoms with van der Waals surface area (Å²) in [7, 11) is -3.93. The van der Waals surface area contributed by atoms with Crippen molar-refractivity contribution >= 4 is 26.8 Å². The number of carbonyl (C=O) groups is 1. The zero-order chi connectivity index (χ0) is 38.1. The third-order valence-corrected chi connectivity index (χ3v) is 11.9. The molecule has 2 aliphatic carbocycles. The van der Waals surface area contributed by atoms with Crippen LogP contribution in [0.1, 0.15) is 53.1 Å². The number of hydrogen-bond acceptors (Lipinski definition) is 7. The molecule has 0 spiro atoms. The average molecular weight is 773 g/mol. The van der Waals surface area contributed by atoms with Crippen molar-refractivity contribution in [2.45, 2.75) is 48.6 Å². The number of para-hydroxylation sites is 1. The third kappa shape index (κ3) is 6.24. The monoisotopic (exact) mass is 772 g/mol. The topological polar surface area (TPSA) is 128 Å². The molecule has 1 amide bonds. The van der Waals surface area contributed by atoms with Crippen LogP contribution in [0, 0.1) is 17.6 Å². The van der Waals surface area contributed by atoms with Crippen molar-refractivity contribution in [3.05, 3.63) is 117 Å². The molecule has 54 heavy (non-hydrogen) atoms. The van der Waals surface area contributed by atoms with Crippen LogP contribution in [0.5, 0.6) is 0 Å². The maximum absolute atomic E-state index is 15.3. The molecule has 8 rings (SSSR count). The number of benzene rings is 3. The van der Waals surface area contributed by atoms with Gasteiger partial charge in [0.1, 0.15) is 35.4 Å². The van der Waals surface area contributed by atoms with E-state index < -0.39 is 81.3 Å². The van der Waals surface area contributed by atoms with Gasteiger partial charge in [-0.1, -0.05) is 12.1 Å². The van der Waals surface area contributed by atoms with Crippen molar-refractivity contribution in [3.8, 4) is 5.69 Å². The molecule has 3 aliphatic rings. The normalized spacial score (nSPS) is 19.8. The maximum Gasteiger partial charge on any atom is 0.293 e. The number of aromatic nitrogens is 4. The number of amides is 1. The number of fused-ring (bicyclic) bond motifs is 4. The summed E-state index contributed by atoms with van der Waals surface area (Å²) in [6.45, 7) is -0.187. The van der Waals surface area contributed by atoms with Gasteiger partial charge in [0.2, 0.25) is 15.9 Å². The Balaban J connectivity index is 1.21. The molecule has 18 heteroatoms. The quantitative estimate of drug-likeness (QED) is 0.195. The van der Waals surface area contributed by atoms with Crippen molar-refractivity contribution in [3.63, 3.8) is 0 Å². The minimum Gasteiger partial charge on any atom is -0.379 e. The highest BCUT2D eigenvalue weighted by molar-refractivity contribution is 7.89. The van der Waals surface area contributed by atoms with E-state index >= 15 is 8.78 Å². The zero-order valence-corrected chi connectivity index (χ0v) is 28.9. The lowest BCUT2D eigenvalue weighted by atomic mass is 10.0. The smallest absolute Gasteiger partial charge is 0.293 e. The molecule has 1 saturated carbocycles. The summed E-state index contributed by atoms with van der Waals surface area (Å²) >= 11 is 0. The molecule has 0 bridgehead atoms. The van der Waals surface area contributed by atoms with Crippen molar-refractivity contribution in [2.24, 2.45) is 5.92 Å². The molecule has 0 unspecified atom stereocenters. The second-order valence-corrected chi connectivity index (χ2v) is 15.4. The van der Waals surface area contributed by atoms with Gasteiger partial charge in [-0.3, -0.25) is 18.8 Å². The van der Waals surface area contributed by atoms with E-state index in [1.165, 1.54) is 40.7 Å². The van der Waals surface area contributed by atoms with Crippen LogP contribution in [-0.2, 0) is 38.4 Å². The van der Waals surface area contributed by atoms with Crippen LogP contribution in [0.25, 0.3) is 16.6 Å². The second-order valence-electron chi connectivity index (χ2n) is 13.4. The molecule has 5 aromatic rings. The van der Waals surface area contributed by atoms with Gasteiger partial charge in [-0.05, 0) is 66.4 Å². The van der Waals surface area contributed by atoms with Crippen LogP contribution < -0.4 is 10.9 Å². The van der Waals surface area contributed by atoms with E-state index in [9.17, 15) is 35.6 Å².